The third-order valence-corrected chi connectivity index (χ3v) is 6.99. The van der Waals surface area contributed by atoms with Gasteiger partial charge in [0.1, 0.15) is 5.76 Å². The van der Waals surface area contributed by atoms with Gasteiger partial charge in [0.15, 0.2) is 0 Å². The molecular formula is C32H48ClCrN2O2+2. The molecule has 1 aromatic heterocycles. The first-order chi connectivity index (χ1) is 18.5. The van der Waals surface area contributed by atoms with Crippen molar-refractivity contribution in [1.29, 1.82) is 0 Å². The van der Waals surface area contributed by atoms with E-state index in [0.717, 1.165) is 49.4 Å². The molecule has 0 amide bonds. The Morgan fingerprint density at radius 2 is 1.76 bits per heavy atom. The molecule has 38 heavy (non-hydrogen) atoms. The number of nitrogens with zero attached hydrogens (tertiary/aromatic N) is 1. The number of nitrogens with one attached hydrogen (secondary N) is 1. The molecule has 1 heterocycles. The number of pyridine rings is 1. The first kappa shape index (κ1) is 34.4. The average molecular weight is 580 g/mol. The van der Waals surface area contributed by atoms with E-state index in [9.17, 15) is 9.90 Å². The molecule has 0 saturated heterocycles. The molecule has 2 aromatic rings. The monoisotopic (exact) mass is 579 g/mol. The first-order valence-electron chi connectivity index (χ1n) is 14.2. The van der Waals surface area contributed by atoms with Crippen LogP contribution in [0.1, 0.15) is 110 Å². The van der Waals surface area contributed by atoms with Crippen LogP contribution in [0.15, 0.2) is 53.8 Å². The molecule has 1 aliphatic rings. The van der Waals surface area contributed by atoms with Crippen LogP contribution in [0.4, 0.5) is 0 Å². The van der Waals surface area contributed by atoms with Crippen LogP contribution in [0, 0.1) is 12.0 Å². The predicted molar refractivity (Wildman–Crippen MR) is 159 cm³/mol. The summed E-state index contributed by atoms with van der Waals surface area (Å²) in [5, 5.41) is 13.0. The van der Waals surface area contributed by atoms with Gasteiger partial charge in [-0.15, -0.1) is 35.9 Å². The molecule has 1 unspecified atom stereocenters. The minimum atomic E-state index is 0.242. The van der Waals surface area contributed by atoms with Gasteiger partial charge >= 0.3 is 31.2 Å². The summed E-state index contributed by atoms with van der Waals surface area (Å²) >= 11 is 2.10. The van der Waals surface area contributed by atoms with Gasteiger partial charge in [0.2, 0.25) is 0 Å². The Balaban J connectivity index is 0.000000439. The fraction of sp³-hybridized carbons (Fsp3) is 0.562. The van der Waals surface area contributed by atoms with E-state index in [1.54, 1.807) is 13.8 Å². The second-order valence-electron chi connectivity index (χ2n) is 10.0. The molecule has 1 atom stereocenters. The van der Waals surface area contributed by atoms with E-state index in [1.807, 2.05) is 12.1 Å². The zero-order valence-electron chi connectivity index (χ0n) is 23.8. The maximum atomic E-state index is 9.18. The van der Waals surface area contributed by atoms with Crippen LogP contribution in [-0.2, 0) is 15.4 Å². The Hall–Kier alpha value is -1.64. The molecular weight excluding hydrogens is 532 g/mol. The van der Waals surface area contributed by atoms with E-state index in [2.05, 4.69) is 81.0 Å². The van der Waals surface area contributed by atoms with Crippen LogP contribution < -0.4 is 5.32 Å². The van der Waals surface area contributed by atoms with Gasteiger partial charge in [-0.3, -0.25) is 9.78 Å². The number of unbranched alkanes of at least 4 members (excludes halogenated alkanes) is 3. The topological polar surface area (TPSA) is 66.5 Å². The maximum absolute atomic E-state index is 9.18. The Morgan fingerprint density at radius 1 is 1.05 bits per heavy atom. The fourth-order valence-electron chi connectivity index (χ4n) is 4.92. The van der Waals surface area contributed by atoms with Crippen molar-refractivity contribution in [3.63, 3.8) is 0 Å². The fourth-order valence-corrected chi connectivity index (χ4v) is 4.92. The minimum absolute atomic E-state index is 0.242. The van der Waals surface area contributed by atoms with E-state index in [1.165, 1.54) is 50.6 Å². The molecule has 0 radical (unpaired) electrons. The van der Waals surface area contributed by atoms with Gasteiger partial charge in [0.25, 0.3) is 0 Å². The number of aliphatic hydroxyl groups excluding tert-OH is 1. The van der Waals surface area contributed by atoms with Gasteiger partial charge in [0, 0.05) is 5.69 Å². The third kappa shape index (κ3) is 12.9. The van der Waals surface area contributed by atoms with Crippen molar-refractivity contribution in [2.45, 2.75) is 104 Å². The van der Waals surface area contributed by atoms with Crippen molar-refractivity contribution in [3.05, 3.63) is 65.6 Å². The molecule has 4 nitrogen and oxygen atoms in total. The van der Waals surface area contributed by atoms with Crippen LogP contribution in [0.25, 0.3) is 11.3 Å². The molecule has 1 aromatic carbocycles. The second-order valence-corrected chi connectivity index (χ2v) is 10.0. The van der Waals surface area contributed by atoms with Gasteiger partial charge in [-0.05, 0) is 63.3 Å². The SMILES string of the molecule is CCCCC/C(C(C)=[OH+])=C(\C)O.CCCCNC(c1cccc(-c2[c-]cccc2)n1)C1CCCCC1.[Cl][Cr+2]. The zero-order valence-corrected chi connectivity index (χ0v) is 25.8. The summed E-state index contributed by atoms with van der Waals surface area (Å²) in [5.74, 6) is 1.20. The molecule has 0 spiro atoms. The van der Waals surface area contributed by atoms with E-state index in [0.29, 0.717) is 11.6 Å². The van der Waals surface area contributed by atoms with Gasteiger partial charge < -0.3 is 10.4 Å². The Labute approximate surface area is 244 Å². The molecule has 1 fully saturated rings. The van der Waals surface area contributed by atoms with E-state index < -0.39 is 0 Å². The summed E-state index contributed by atoms with van der Waals surface area (Å²) in [6.07, 6.45) is 13.3. The van der Waals surface area contributed by atoms with Gasteiger partial charge in [-0.2, -0.15) is 0 Å². The van der Waals surface area contributed by atoms with Gasteiger partial charge in [-0.25, -0.2) is 0 Å². The van der Waals surface area contributed by atoms with Gasteiger partial charge in [0.05, 0.1) is 18.5 Å². The molecule has 209 valence electrons. The number of hydrogen-bond acceptors (Lipinski definition) is 3. The number of ketones is 1. The quantitative estimate of drug-likeness (QED) is 0.0865. The number of allylic oxidation sites excluding steroid dienone is 2. The Kier molecular flexibility index (Phi) is 19.2. The number of aromatic nitrogens is 1. The summed E-state index contributed by atoms with van der Waals surface area (Å²) in [4.78, 5) is 14.2. The Morgan fingerprint density at radius 3 is 2.34 bits per heavy atom. The van der Waals surface area contributed by atoms with E-state index in [-0.39, 0.29) is 11.5 Å². The third-order valence-electron chi connectivity index (χ3n) is 6.99. The van der Waals surface area contributed by atoms with Crippen molar-refractivity contribution >= 4 is 15.8 Å². The number of halogens is 1. The summed E-state index contributed by atoms with van der Waals surface area (Å²) in [6, 6.07) is 18.2. The molecule has 3 N–H and O–H groups in total. The molecule has 0 aliphatic heterocycles. The van der Waals surface area contributed by atoms with E-state index >= 15 is 0 Å². The summed E-state index contributed by atoms with van der Waals surface area (Å²) in [7, 11) is 4.51. The number of aliphatic hydroxyl groups is 1. The second kappa shape index (κ2) is 21.2. The summed E-state index contributed by atoms with van der Waals surface area (Å²) in [6.45, 7) is 8.69. The molecule has 0 bridgehead atoms. The van der Waals surface area contributed by atoms with Crippen molar-refractivity contribution < 1.29 is 25.3 Å². The normalized spacial score (nSPS) is 14.7. The number of rotatable bonds is 12. The summed E-state index contributed by atoms with van der Waals surface area (Å²) < 4.78 is 0. The number of hydrogen-bond donors (Lipinski definition) is 2. The number of benzene rings is 1. The van der Waals surface area contributed by atoms with Crippen LogP contribution in [0.5, 0.6) is 0 Å². The predicted octanol–water partition coefficient (Wildman–Crippen LogP) is 9.21. The van der Waals surface area contributed by atoms with Crippen LogP contribution >= 0.6 is 10.0 Å². The first-order valence-corrected chi connectivity index (χ1v) is 16.0. The van der Waals surface area contributed by atoms with Crippen molar-refractivity contribution in [2.24, 2.45) is 5.92 Å². The van der Waals surface area contributed by atoms with Crippen molar-refractivity contribution in [1.82, 2.24) is 10.3 Å². The average Bonchev–Trinajstić information content (AvgIpc) is 2.95. The molecule has 1 saturated carbocycles. The van der Waals surface area contributed by atoms with Crippen LogP contribution in [0.3, 0.4) is 0 Å². The Bertz CT molecular complexity index is 926. The summed E-state index contributed by atoms with van der Waals surface area (Å²) in [5.41, 5.74) is 4.01. The molecule has 6 heteroatoms. The van der Waals surface area contributed by atoms with Crippen LogP contribution in [-0.4, -0.2) is 27.2 Å². The standard InChI is InChI=1S/C22H29N2.C10H18O2.ClH.Cr/c1-2-3-17-23-22(19-13-8-5-9-14-19)21-16-10-15-20(24-21)18-11-6-4-7-12-18;1-4-5-6-7-10(8(2)11)9(3)12;;/h4,6-7,10-11,15-16,19,22-23H,2-3,5,8-9,13-14,17H2,1H3;11H,4-7H2,1-3H3;1H;/q-1;;;+3/b;10-8-;;. The molecule has 1 aliphatic carbocycles. The zero-order chi connectivity index (χ0) is 28.2. The molecule has 3 rings (SSSR count). The van der Waals surface area contributed by atoms with Crippen molar-refractivity contribution in [3.8, 4) is 11.3 Å². The number of carbonyl (C=O) groups excluding carboxylic acids is 1. The van der Waals surface area contributed by atoms with Crippen molar-refractivity contribution in [2.75, 3.05) is 6.54 Å². The van der Waals surface area contributed by atoms with Gasteiger partial charge in [-0.1, -0.05) is 64.5 Å². The van der Waals surface area contributed by atoms with Crippen LogP contribution in [0.2, 0.25) is 0 Å². The van der Waals surface area contributed by atoms with E-state index in [4.69, 9.17) is 4.98 Å².